The summed E-state index contributed by atoms with van der Waals surface area (Å²) in [7, 11) is 0. The first-order chi connectivity index (χ1) is 8.99. The Kier molecular flexibility index (Phi) is 4.34. The van der Waals surface area contributed by atoms with E-state index >= 15 is 0 Å². The molecule has 3 nitrogen and oxygen atoms in total. The van der Waals surface area contributed by atoms with Gasteiger partial charge in [0.2, 0.25) is 0 Å². The Labute approximate surface area is 128 Å². The van der Waals surface area contributed by atoms with E-state index in [1.54, 1.807) is 6.07 Å². The highest BCUT2D eigenvalue weighted by molar-refractivity contribution is 9.10. The second kappa shape index (κ2) is 5.82. The van der Waals surface area contributed by atoms with Crippen molar-refractivity contribution < 1.29 is 4.79 Å². The van der Waals surface area contributed by atoms with E-state index in [9.17, 15) is 4.79 Å². The van der Waals surface area contributed by atoms with Crippen molar-refractivity contribution in [3.05, 3.63) is 56.5 Å². The summed E-state index contributed by atoms with van der Waals surface area (Å²) in [4.78, 5) is 12.2. The number of halogens is 3. The van der Waals surface area contributed by atoms with Crippen LogP contribution < -0.4 is 11.1 Å². The quantitative estimate of drug-likeness (QED) is 0.770. The van der Waals surface area contributed by atoms with Crippen LogP contribution in [-0.2, 0) is 0 Å². The van der Waals surface area contributed by atoms with Gasteiger partial charge in [0, 0.05) is 10.2 Å². The third-order valence-electron chi connectivity index (χ3n) is 2.42. The van der Waals surface area contributed by atoms with E-state index in [4.69, 9.17) is 28.9 Å². The van der Waals surface area contributed by atoms with Crippen molar-refractivity contribution in [3.8, 4) is 0 Å². The highest BCUT2D eigenvalue weighted by Gasteiger charge is 2.15. The summed E-state index contributed by atoms with van der Waals surface area (Å²) in [5, 5.41) is 3.17. The van der Waals surface area contributed by atoms with Crippen LogP contribution in [0.1, 0.15) is 10.4 Å². The molecule has 0 aliphatic heterocycles. The number of hydrogen-bond acceptors (Lipinski definition) is 2. The van der Waals surface area contributed by atoms with Gasteiger partial charge in [0.15, 0.2) is 0 Å². The molecule has 0 spiro atoms. The molecule has 0 aromatic heterocycles. The second-order valence-corrected chi connectivity index (χ2v) is 5.44. The number of benzene rings is 2. The van der Waals surface area contributed by atoms with Crippen LogP contribution in [0, 0.1) is 0 Å². The van der Waals surface area contributed by atoms with Crippen LogP contribution >= 0.6 is 39.1 Å². The first-order valence-corrected chi connectivity index (χ1v) is 6.84. The molecule has 2 aromatic carbocycles. The van der Waals surface area contributed by atoms with Gasteiger partial charge in [-0.3, -0.25) is 4.79 Å². The summed E-state index contributed by atoms with van der Waals surface area (Å²) in [6.45, 7) is 0. The highest BCUT2D eigenvalue weighted by atomic mass is 79.9. The standard InChI is InChI=1S/C13H9BrCl2N2O/c14-9-3-1-2-4-11(9)18-13(19)8-5-7(17)6-10(15)12(8)16/h1-6H,17H2,(H,18,19). The molecular weight excluding hydrogens is 351 g/mol. The highest BCUT2D eigenvalue weighted by Crippen LogP contribution is 2.30. The zero-order valence-corrected chi connectivity index (χ0v) is 12.7. The molecule has 1 amide bonds. The summed E-state index contributed by atoms with van der Waals surface area (Å²) in [6.07, 6.45) is 0. The Morgan fingerprint density at radius 3 is 2.58 bits per heavy atom. The van der Waals surface area contributed by atoms with Crippen LogP contribution in [0.3, 0.4) is 0 Å². The Bertz CT molecular complexity index is 647. The van der Waals surface area contributed by atoms with E-state index in [2.05, 4.69) is 21.2 Å². The number of hydrogen-bond donors (Lipinski definition) is 2. The molecule has 98 valence electrons. The average Bonchev–Trinajstić information content (AvgIpc) is 2.36. The Hall–Kier alpha value is -1.23. The average molecular weight is 360 g/mol. The smallest absolute Gasteiger partial charge is 0.257 e. The largest absolute Gasteiger partial charge is 0.399 e. The van der Waals surface area contributed by atoms with Crippen LogP contribution in [0.25, 0.3) is 0 Å². The van der Waals surface area contributed by atoms with Gasteiger partial charge in [-0.1, -0.05) is 35.3 Å². The topological polar surface area (TPSA) is 55.1 Å². The number of nitrogens with two attached hydrogens (primary N) is 1. The van der Waals surface area contributed by atoms with Gasteiger partial charge in [-0.25, -0.2) is 0 Å². The minimum Gasteiger partial charge on any atom is -0.399 e. The minimum atomic E-state index is -0.369. The zero-order valence-electron chi connectivity index (χ0n) is 9.58. The molecule has 0 aliphatic carbocycles. The van der Waals surface area contributed by atoms with Gasteiger partial charge in [0.25, 0.3) is 5.91 Å². The summed E-state index contributed by atoms with van der Waals surface area (Å²) < 4.78 is 0.773. The minimum absolute atomic E-state index is 0.181. The number of rotatable bonds is 2. The van der Waals surface area contributed by atoms with Gasteiger partial charge < -0.3 is 11.1 Å². The fourth-order valence-corrected chi connectivity index (χ4v) is 2.33. The molecule has 0 saturated heterocycles. The fourth-order valence-electron chi connectivity index (χ4n) is 1.53. The van der Waals surface area contributed by atoms with Crippen LogP contribution in [0.5, 0.6) is 0 Å². The van der Waals surface area contributed by atoms with Crippen LogP contribution in [-0.4, -0.2) is 5.91 Å². The number of anilines is 2. The van der Waals surface area contributed by atoms with Crippen LogP contribution in [0.4, 0.5) is 11.4 Å². The fraction of sp³-hybridized carbons (Fsp3) is 0. The maximum absolute atomic E-state index is 12.2. The number of nitrogen functional groups attached to an aromatic ring is 1. The Morgan fingerprint density at radius 1 is 1.21 bits per heavy atom. The van der Waals surface area contributed by atoms with Gasteiger partial charge >= 0.3 is 0 Å². The summed E-state index contributed by atoms with van der Waals surface area (Å²) in [5.41, 5.74) is 6.92. The number of nitrogens with one attached hydrogen (secondary N) is 1. The predicted octanol–water partition coefficient (Wildman–Crippen LogP) is 4.59. The number of carbonyl (C=O) groups is 1. The maximum Gasteiger partial charge on any atom is 0.257 e. The van der Waals surface area contributed by atoms with E-state index < -0.39 is 0 Å². The van der Waals surface area contributed by atoms with E-state index in [0.717, 1.165) is 4.47 Å². The third-order valence-corrected chi connectivity index (χ3v) is 3.91. The predicted molar refractivity (Wildman–Crippen MR) is 83.0 cm³/mol. The van der Waals surface area contributed by atoms with Crippen molar-refractivity contribution in [2.24, 2.45) is 0 Å². The van der Waals surface area contributed by atoms with Gasteiger partial charge in [-0.05, 0) is 40.2 Å². The number of carbonyl (C=O) groups excluding carboxylic acids is 1. The van der Waals surface area contributed by atoms with Crippen LogP contribution in [0.15, 0.2) is 40.9 Å². The molecule has 3 N–H and O–H groups in total. The molecule has 19 heavy (non-hydrogen) atoms. The van der Waals surface area contributed by atoms with Gasteiger partial charge in [0.1, 0.15) is 0 Å². The van der Waals surface area contributed by atoms with E-state index in [-0.39, 0.29) is 21.5 Å². The first-order valence-electron chi connectivity index (χ1n) is 5.29. The molecule has 0 heterocycles. The number of para-hydroxylation sites is 1. The van der Waals surface area contributed by atoms with Crippen molar-refractivity contribution in [1.29, 1.82) is 0 Å². The van der Waals surface area contributed by atoms with Gasteiger partial charge in [-0.15, -0.1) is 0 Å². The van der Waals surface area contributed by atoms with E-state index in [1.807, 2.05) is 18.2 Å². The Morgan fingerprint density at radius 2 is 1.89 bits per heavy atom. The molecule has 0 unspecified atom stereocenters. The molecule has 0 saturated carbocycles. The lowest BCUT2D eigenvalue weighted by molar-refractivity contribution is 0.102. The molecule has 0 atom stereocenters. The summed E-state index contributed by atoms with van der Waals surface area (Å²) in [5.74, 6) is -0.369. The van der Waals surface area contributed by atoms with Crippen molar-refractivity contribution in [2.45, 2.75) is 0 Å². The zero-order chi connectivity index (χ0) is 14.0. The SMILES string of the molecule is Nc1cc(Cl)c(Cl)c(C(=O)Nc2ccccc2Br)c1. The third kappa shape index (κ3) is 3.21. The monoisotopic (exact) mass is 358 g/mol. The molecule has 0 radical (unpaired) electrons. The van der Waals surface area contributed by atoms with Gasteiger partial charge in [0.05, 0.1) is 21.3 Å². The summed E-state index contributed by atoms with van der Waals surface area (Å²) in [6, 6.07) is 10.2. The second-order valence-electron chi connectivity index (χ2n) is 3.80. The molecule has 0 fully saturated rings. The summed E-state index contributed by atoms with van der Waals surface area (Å²) >= 11 is 15.2. The van der Waals surface area contributed by atoms with E-state index in [1.165, 1.54) is 12.1 Å². The van der Waals surface area contributed by atoms with Crippen LogP contribution in [0.2, 0.25) is 10.0 Å². The molecule has 0 bridgehead atoms. The lowest BCUT2D eigenvalue weighted by atomic mass is 10.2. The Balaban J connectivity index is 2.33. The van der Waals surface area contributed by atoms with E-state index in [0.29, 0.717) is 11.4 Å². The normalized spacial score (nSPS) is 10.3. The maximum atomic E-state index is 12.2. The lowest BCUT2D eigenvalue weighted by Gasteiger charge is -2.10. The molecule has 0 aliphatic rings. The van der Waals surface area contributed by atoms with Crippen molar-refractivity contribution in [2.75, 3.05) is 11.1 Å². The van der Waals surface area contributed by atoms with Crippen molar-refractivity contribution in [3.63, 3.8) is 0 Å². The molecule has 6 heteroatoms. The molecule has 2 aromatic rings. The van der Waals surface area contributed by atoms with Crippen molar-refractivity contribution >= 4 is 56.4 Å². The lowest BCUT2D eigenvalue weighted by Crippen LogP contribution is -2.13. The number of amides is 1. The first kappa shape index (κ1) is 14.2. The van der Waals surface area contributed by atoms with Gasteiger partial charge in [-0.2, -0.15) is 0 Å². The molecular formula is C13H9BrCl2N2O. The molecule has 2 rings (SSSR count). The van der Waals surface area contributed by atoms with Crippen molar-refractivity contribution in [1.82, 2.24) is 0 Å².